The Hall–Kier alpha value is 1.39. The van der Waals surface area contributed by atoms with E-state index in [1.807, 2.05) is 0 Å². The lowest BCUT2D eigenvalue weighted by molar-refractivity contribution is 1.10. The lowest BCUT2D eigenvalue weighted by atomic mass is 10.9. The Labute approximate surface area is 93.7 Å². The highest BCUT2D eigenvalue weighted by Crippen LogP contribution is 2.45. The van der Waals surface area contributed by atoms with Gasteiger partial charge in [0.15, 0.2) is 0 Å². The van der Waals surface area contributed by atoms with E-state index in [1.54, 1.807) is 0 Å². The largest absolute Gasteiger partial charge is 0.129 e. The molecule has 1 fully saturated rings. The first-order valence-corrected chi connectivity index (χ1v) is 14.7. The summed E-state index contributed by atoms with van der Waals surface area (Å²) < 4.78 is 0. The van der Waals surface area contributed by atoms with Crippen molar-refractivity contribution in [3.8, 4) is 0 Å². The van der Waals surface area contributed by atoms with Gasteiger partial charge in [-0.15, -0.1) is 30.6 Å². The molecule has 1 saturated heterocycles. The molecule has 0 radical (unpaired) electrons. The first-order chi connectivity index (χ1) is 5.54. The molecule has 0 N–H and O–H groups in total. The molecule has 12 heavy (non-hydrogen) atoms. The average molecular weight is 330 g/mol. The van der Waals surface area contributed by atoms with E-state index in [-0.39, 0.29) is 0 Å². The molecule has 0 atom stereocenters. The maximum absolute atomic E-state index is 4.02. The van der Waals surface area contributed by atoms with Crippen LogP contribution in [0, 0.1) is 0 Å². The summed E-state index contributed by atoms with van der Waals surface area (Å²) in [5.41, 5.74) is 0. The van der Waals surface area contributed by atoms with Crippen LogP contribution < -0.4 is 0 Å². The second-order valence-electron chi connectivity index (χ2n) is 4.01. The summed E-state index contributed by atoms with van der Waals surface area (Å²) in [4.78, 5) is 0. The minimum Gasteiger partial charge on any atom is -0.126 e. The third-order valence-electron chi connectivity index (χ3n) is 3.31. The number of hydrogen-bond acceptors (Lipinski definition) is 0. The molecule has 0 aromatic rings. The lowest BCUT2D eigenvalue weighted by Crippen LogP contribution is -2.39. The van der Waals surface area contributed by atoms with Gasteiger partial charge in [0.1, 0.15) is 13.4 Å². The molecule has 1 heterocycles. The van der Waals surface area contributed by atoms with E-state index in [9.17, 15) is 0 Å². The smallest absolute Gasteiger partial charge is 0.126 e. The van der Waals surface area contributed by atoms with Crippen molar-refractivity contribution in [3.05, 3.63) is 0 Å². The van der Waals surface area contributed by atoms with Crippen molar-refractivity contribution < 1.29 is 0 Å². The molecule has 0 unspecified atom stereocenters. The molecule has 4 heteroatoms. The first-order valence-electron chi connectivity index (χ1n) is 4.91. The van der Waals surface area contributed by atoms with Crippen molar-refractivity contribution in [2.75, 3.05) is 0 Å². The summed E-state index contributed by atoms with van der Waals surface area (Å²) in [5, 5.41) is 0. The van der Waals surface area contributed by atoms with Crippen molar-refractivity contribution >= 4 is 44.0 Å². The number of halogens is 2. The van der Waals surface area contributed by atoms with E-state index in [1.165, 1.54) is 36.3 Å². The van der Waals surface area contributed by atoms with Crippen LogP contribution in [0.1, 0.15) is 13.8 Å². The molecule has 1 rings (SSSR count). The van der Waals surface area contributed by atoms with Gasteiger partial charge in [0.05, 0.1) is 0 Å². The summed E-state index contributed by atoms with van der Waals surface area (Å²) >= 11 is 8.03. The summed E-state index contributed by atoms with van der Waals surface area (Å²) in [7, 11) is 0. The highest BCUT2D eigenvalue weighted by atomic mass is 79.9. The van der Waals surface area contributed by atoms with E-state index < -0.39 is 13.4 Å². The van der Waals surface area contributed by atoms with Crippen LogP contribution in [0.2, 0.25) is 36.3 Å². The van der Waals surface area contributed by atoms with E-state index in [0.717, 1.165) is 0 Å². The predicted molar refractivity (Wildman–Crippen MR) is 69.6 cm³/mol. The minimum absolute atomic E-state index is 0.898. The van der Waals surface area contributed by atoms with Crippen molar-refractivity contribution in [2.45, 2.75) is 50.1 Å². The van der Waals surface area contributed by atoms with Crippen molar-refractivity contribution in [1.29, 1.82) is 0 Å². The highest BCUT2D eigenvalue weighted by molar-refractivity contribution is 9.26. The Morgan fingerprint density at radius 2 is 1.08 bits per heavy atom. The first kappa shape index (κ1) is 11.5. The van der Waals surface area contributed by atoms with Crippen LogP contribution in [-0.2, 0) is 0 Å². The van der Waals surface area contributed by atoms with Gasteiger partial charge in [-0.05, 0) is 24.2 Å². The monoisotopic (exact) mass is 328 g/mol. The molecule has 72 valence electrons. The summed E-state index contributed by atoms with van der Waals surface area (Å²) in [6.45, 7) is 2.92. The van der Waals surface area contributed by atoms with Crippen LogP contribution >= 0.6 is 30.6 Å². The number of hydrogen-bond donors (Lipinski definition) is 0. The maximum Gasteiger partial charge on any atom is 0.129 e. The Morgan fingerprint density at radius 1 is 0.833 bits per heavy atom. The molecule has 0 aliphatic carbocycles. The molecule has 0 aromatic heterocycles. The topological polar surface area (TPSA) is 0 Å². The standard InChI is InChI=1S/C8H18Br2Si2/c1-3-11(9)5-7-12(10,4-2)8-6-11/h3-8H2,1-2H3. The van der Waals surface area contributed by atoms with Crippen LogP contribution in [0.5, 0.6) is 0 Å². The fraction of sp³-hybridized carbons (Fsp3) is 1.00. The Kier molecular flexibility index (Phi) is 4.09. The van der Waals surface area contributed by atoms with Crippen molar-refractivity contribution in [2.24, 2.45) is 0 Å². The van der Waals surface area contributed by atoms with Gasteiger partial charge in [0.25, 0.3) is 0 Å². The average Bonchev–Trinajstić information content (AvgIpc) is 2.11. The van der Waals surface area contributed by atoms with Crippen LogP contribution in [0.4, 0.5) is 0 Å². The van der Waals surface area contributed by atoms with Crippen molar-refractivity contribution in [3.63, 3.8) is 0 Å². The molecule has 0 spiro atoms. The molecule has 1 aliphatic rings. The van der Waals surface area contributed by atoms with Crippen LogP contribution in [0.15, 0.2) is 0 Å². The van der Waals surface area contributed by atoms with Gasteiger partial charge >= 0.3 is 0 Å². The fourth-order valence-corrected chi connectivity index (χ4v) is 18.1. The van der Waals surface area contributed by atoms with E-state index in [4.69, 9.17) is 0 Å². The van der Waals surface area contributed by atoms with Crippen LogP contribution in [0.25, 0.3) is 0 Å². The van der Waals surface area contributed by atoms with Gasteiger partial charge in [-0.1, -0.05) is 25.9 Å². The normalized spacial score (nSPS) is 43.0. The minimum atomic E-state index is -0.898. The Morgan fingerprint density at radius 3 is 1.25 bits per heavy atom. The van der Waals surface area contributed by atoms with E-state index in [0.29, 0.717) is 0 Å². The van der Waals surface area contributed by atoms with Crippen LogP contribution in [-0.4, -0.2) is 13.4 Å². The quantitative estimate of drug-likeness (QED) is 0.508. The van der Waals surface area contributed by atoms with Gasteiger partial charge in [0.2, 0.25) is 0 Å². The summed E-state index contributed by atoms with van der Waals surface area (Å²) in [5.74, 6) is 0. The van der Waals surface area contributed by atoms with E-state index in [2.05, 4.69) is 44.4 Å². The van der Waals surface area contributed by atoms with Gasteiger partial charge in [0, 0.05) is 0 Å². The zero-order valence-electron chi connectivity index (χ0n) is 8.00. The molecule has 0 saturated carbocycles. The van der Waals surface area contributed by atoms with E-state index >= 15 is 0 Å². The van der Waals surface area contributed by atoms with Gasteiger partial charge in [-0.2, -0.15) is 0 Å². The molecule has 1 aliphatic heterocycles. The Balaban J connectivity index is 2.49. The third-order valence-corrected chi connectivity index (χ3v) is 19.6. The maximum atomic E-state index is 4.02. The van der Waals surface area contributed by atoms with Crippen molar-refractivity contribution in [1.82, 2.24) is 0 Å². The van der Waals surface area contributed by atoms with Crippen LogP contribution in [0.3, 0.4) is 0 Å². The summed E-state index contributed by atoms with van der Waals surface area (Å²) in [6.07, 6.45) is 0. The van der Waals surface area contributed by atoms with Gasteiger partial charge in [-0.3, -0.25) is 0 Å². The SMILES string of the molecule is CC[Si]1(Br)CC[Si](Br)(CC)CC1. The Bertz CT molecular complexity index is 135. The molecular formula is C8H18Br2Si2. The molecule has 0 amide bonds. The fourth-order valence-electron chi connectivity index (χ4n) is 1.85. The van der Waals surface area contributed by atoms with Gasteiger partial charge in [-0.25, -0.2) is 0 Å². The molecule has 0 aromatic carbocycles. The lowest BCUT2D eigenvalue weighted by Gasteiger charge is -2.37. The zero-order chi connectivity index (χ0) is 9.24. The molecule has 0 nitrogen and oxygen atoms in total. The summed E-state index contributed by atoms with van der Waals surface area (Å²) in [6, 6.07) is 8.94. The molecule has 0 bridgehead atoms. The predicted octanol–water partition coefficient (Wildman–Crippen LogP) is 4.72. The number of rotatable bonds is 2. The molecular weight excluding hydrogens is 312 g/mol. The zero-order valence-corrected chi connectivity index (χ0v) is 13.2. The second-order valence-corrected chi connectivity index (χ2v) is 22.1. The second kappa shape index (κ2) is 4.28. The third kappa shape index (κ3) is 2.69. The highest BCUT2D eigenvalue weighted by Gasteiger charge is 2.40. The van der Waals surface area contributed by atoms with Gasteiger partial charge < -0.3 is 0 Å².